The smallest absolute Gasteiger partial charge is 0.244 e. The number of rotatable bonds is 6. The van der Waals surface area contributed by atoms with Gasteiger partial charge in [0.2, 0.25) is 5.91 Å². The van der Waals surface area contributed by atoms with E-state index in [1.807, 2.05) is 47.4 Å². The first kappa shape index (κ1) is 16.7. The van der Waals surface area contributed by atoms with Crippen LogP contribution in [-0.4, -0.2) is 44.8 Å². The summed E-state index contributed by atoms with van der Waals surface area (Å²) in [6.45, 7) is 2.07. The van der Waals surface area contributed by atoms with Crippen molar-refractivity contribution in [3.8, 4) is 0 Å². The Morgan fingerprint density at radius 1 is 1.23 bits per heavy atom. The van der Waals surface area contributed by atoms with Crippen molar-refractivity contribution >= 4 is 16.8 Å². The summed E-state index contributed by atoms with van der Waals surface area (Å²) >= 11 is 0. The molecule has 1 fully saturated rings. The maximum atomic E-state index is 13.0. The van der Waals surface area contributed by atoms with Crippen molar-refractivity contribution < 1.29 is 9.53 Å². The van der Waals surface area contributed by atoms with E-state index in [1.165, 1.54) is 0 Å². The van der Waals surface area contributed by atoms with Gasteiger partial charge in [-0.05, 0) is 31.0 Å². The molecule has 1 aliphatic rings. The average Bonchev–Trinajstić information content (AvgIpc) is 3.32. The summed E-state index contributed by atoms with van der Waals surface area (Å²) in [4.78, 5) is 19.2. The van der Waals surface area contributed by atoms with Crippen LogP contribution in [0.25, 0.3) is 10.9 Å². The van der Waals surface area contributed by atoms with Crippen LogP contribution in [0.3, 0.4) is 0 Å². The van der Waals surface area contributed by atoms with Crippen molar-refractivity contribution in [2.75, 3.05) is 13.2 Å². The number of para-hydroxylation sites is 1. The highest BCUT2D eigenvalue weighted by molar-refractivity contribution is 5.82. The molecule has 0 saturated carbocycles. The Bertz CT molecular complexity index is 872. The number of carbonyl (C=O) groups is 1. The fourth-order valence-electron chi connectivity index (χ4n) is 3.36. The van der Waals surface area contributed by atoms with Crippen LogP contribution in [-0.2, 0) is 22.6 Å². The summed E-state index contributed by atoms with van der Waals surface area (Å²) in [5, 5.41) is 5.42. The molecule has 1 aliphatic heterocycles. The van der Waals surface area contributed by atoms with Gasteiger partial charge in [0.05, 0.1) is 30.1 Å². The molecule has 6 nitrogen and oxygen atoms in total. The summed E-state index contributed by atoms with van der Waals surface area (Å²) in [6, 6.07) is 13.7. The molecule has 0 bridgehead atoms. The number of benzene rings is 1. The lowest BCUT2D eigenvalue weighted by Gasteiger charge is -2.25. The van der Waals surface area contributed by atoms with Gasteiger partial charge in [0, 0.05) is 24.7 Å². The molecule has 1 amide bonds. The highest BCUT2D eigenvalue weighted by Crippen LogP contribution is 2.17. The van der Waals surface area contributed by atoms with Crippen molar-refractivity contribution in [2.24, 2.45) is 0 Å². The molecule has 1 saturated heterocycles. The Hall–Kier alpha value is -2.73. The van der Waals surface area contributed by atoms with Gasteiger partial charge in [0.25, 0.3) is 0 Å². The molecule has 0 N–H and O–H groups in total. The minimum absolute atomic E-state index is 0.0278. The third kappa shape index (κ3) is 3.75. The van der Waals surface area contributed by atoms with Crippen molar-refractivity contribution in [3.05, 3.63) is 60.6 Å². The van der Waals surface area contributed by atoms with Gasteiger partial charge in [-0.1, -0.05) is 24.3 Å². The summed E-state index contributed by atoms with van der Waals surface area (Å²) in [7, 11) is 0. The highest BCUT2D eigenvalue weighted by Gasteiger charge is 2.23. The van der Waals surface area contributed by atoms with Crippen LogP contribution in [0.5, 0.6) is 0 Å². The Balaban J connectivity index is 1.52. The van der Waals surface area contributed by atoms with E-state index >= 15 is 0 Å². The van der Waals surface area contributed by atoms with E-state index < -0.39 is 0 Å². The van der Waals surface area contributed by atoms with Crippen molar-refractivity contribution in [1.29, 1.82) is 0 Å². The van der Waals surface area contributed by atoms with Crippen LogP contribution >= 0.6 is 0 Å². The molecule has 4 rings (SSSR count). The van der Waals surface area contributed by atoms with E-state index in [2.05, 4.69) is 10.1 Å². The number of nitrogens with zero attached hydrogens (tertiary/aromatic N) is 4. The van der Waals surface area contributed by atoms with Crippen molar-refractivity contribution in [2.45, 2.75) is 32.0 Å². The summed E-state index contributed by atoms with van der Waals surface area (Å²) in [5.74, 6) is 0.0278. The Labute approximate surface area is 152 Å². The number of ether oxygens (including phenoxy) is 1. The number of fused-ring (bicyclic) bond motifs is 1. The van der Waals surface area contributed by atoms with Gasteiger partial charge in [0.15, 0.2) is 0 Å². The molecule has 2 aromatic heterocycles. The second-order valence-electron chi connectivity index (χ2n) is 6.59. The molecule has 1 aromatic carbocycles. The molecular weight excluding hydrogens is 328 g/mol. The number of hydrogen-bond donors (Lipinski definition) is 0. The zero-order chi connectivity index (χ0) is 17.8. The lowest BCUT2D eigenvalue weighted by atomic mass is 10.2. The predicted molar refractivity (Wildman–Crippen MR) is 98.4 cm³/mol. The SMILES string of the molecule is O=C(Cn1ncc2ccccc21)N(Cc1ccccn1)C[C@@H]1CCCO1. The van der Waals surface area contributed by atoms with E-state index in [4.69, 9.17) is 4.74 Å². The molecule has 1 atom stereocenters. The average molecular weight is 350 g/mol. The van der Waals surface area contributed by atoms with E-state index in [9.17, 15) is 4.79 Å². The predicted octanol–water partition coefficient (Wildman–Crippen LogP) is 2.64. The van der Waals surface area contributed by atoms with Gasteiger partial charge < -0.3 is 9.64 Å². The molecule has 134 valence electrons. The highest BCUT2D eigenvalue weighted by atomic mass is 16.5. The van der Waals surface area contributed by atoms with Crippen LogP contribution in [0.4, 0.5) is 0 Å². The fourth-order valence-corrected chi connectivity index (χ4v) is 3.36. The topological polar surface area (TPSA) is 60.2 Å². The zero-order valence-electron chi connectivity index (χ0n) is 14.6. The van der Waals surface area contributed by atoms with Gasteiger partial charge in [-0.2, -0.15) is 5.10 Å². The molecule has 0 unspecified atom stereocenters. The third-order valence-electron chi connectivity index (χ3n) is 4.72. The second kappa shape index (κ2) is 7.66. The molecule has 3 heterocycles. The maximum absolute atomic E-state index is 13.0. The van der Waals surface area contributed by atoms with Crippen LogP contribution in [0.15, 0.2) is 54.9 Å². The number of amides is 1. The van der Waals surface area contributed by atoms with E-state index in [0.29, 0.717) is 13.1 Å². The largest absolute Gasteiger partial charge is 0.376 e. The molecule has 3 aromatic rings. The Morgan fingerprint density at radius 3 is 2.92 bits per heavy atom. The minimum Gasteiger partial charge on any atom is -0.376 e. The maximum Gasteiger partial charge on any atom is 0.244 e. The molecule has 0 spiro atoms. The third-order valence-corrected chi connectivity index (χ3v) is 4.72. The van der Waals surface area contributed by atoms with Gasteiger partial charge in [0.1, 0.15) is 6.54 Å². The number of hydrogen-bond acceptors (Lipinski definition) is 4. The lowest BCUT2D eigenvalue weighted by molar-refractivity contribution is -0.134. The molecule has 6 heteroatoms. The van der Waals surface area contributed by atoms with Crippen LogP contribution in [0.1, 0.15) is 18.5 Å². The van der Waals surface area contributed by atoms with Gasteiger partial charge in [-0.15, -0.1) is 0 Å². The number of aromatic nitrogens is 3. The molecular formula is C20H22N4O2. The first-order chi connectivity index (χ1) is 12.8. The van der Waals surface area contributed by atoms with Gasteiger partial charge in [-0.25, -0.2) is 0 Å². The van der Waals surface area contributed by atoms with Crippen LogP contribution in [0.2, 0.25) is 0 Å². The lowest BCUT2D eigenvalue weighted by Crippen LogP contribution is -2.39. The summed E-state index contributed by atoms with van der Waals surface area (Å²) in [5.41, 5.74) is 1.85. The first-order valence-electron chi connectivity index (χ1n) is 8.99. The summed E-state index contributed by atoms with van der Waals surface area (Å²) < 4.78 is 7.50. The summed E-state index contributed by atoms with van der Waals surface area (Å²) in [6.07, 6.45) is 5.71. The fraction of sp³-hybridized carbons (Fsp3) is 0.350. The second-order valence-corrected chi connectivity index (χ2v) is 6.59. The van der Waals surface area contributed by atoms with E-state index in [1.54, 1.807) is 17.1 Å². The van der Waals surface area contributed by atoms with Gasteiger partial charge in [-0.3, -0.25) is 14.5 Å². The van der Waals surface area contributed by atoms with Crippen LogP contribution in [0, 0.1) is 0 Å². The van der Waals surface area contributed by atoms with Crippen molar-refractivity contribution in [3.63, 3.8) is 0 Å². The van der Waals surface area contributed by atoms with E-state index in [-0.39, 0.29) is 18.6 Å². The Kier molecular flexibility index (Phi) is 4.93. The van der Waals surface area contributed by atoms with E-state index in [0.717, 1.165) is 36.0 Å². The first-order valence-corrected chi connectivity index (χ1v) is 8.99. The molecule has 0 radical (unpaired) electrons. The molecule has 26 heavy (non-hydrogen) atoms. The van der Waals surface area contributed by atoms with Gasteiger partial charge >= 0.3 is 0 Å². The zero-order valence-corrected chi connectivity index (χ0v) is 14.6. The minimum atomic E-state index is 0.0278. The van der Waals surface area contributed by atoms with Crippen molar-refractivity contribution in [1.82, 2.24) is 19.7 Å². The number of pyridine rings is 1. The monoisotopic (exact) mass is 350 g/mol. The standard InChI is InChI=1S/C20H22N4O2/c25-20(15-24-19-9-2-1-6-16(19)12-22-24)23(14-18-8-5-11-26-18)13-17-7-3-4-10-21-17/h1-4,6-7,9-10,12,18H,5,8,11,13-15H2/t18-/m0/s1. The Morgan fingerprint density at radius 2 is 2.12 bits per heavy atom. The molecule has 0 aliphatic carbocycles. The number of carbonyl (C=O) groups excluding carboxylic acids is 1. The quantitative estimate of drug-likeness (QED) is 0.686. The normalized spacial score (nSPS) is 16.8. The van der Waals surface area contributed by atoms with Crippen LogP contribution < -0.4 is 0 Å².